The Morgan fingerprint density at radius 1 is 1.32 bits per heavy atom. The van der Waals surface area contributed by atoms with Gasteiger partial charge in [0.15, 0.2) is 10.9 Å². The van der Waals surface area contributed by atoms with Gasteiger partial charge in [0.1, 0.15) is 12.4 Å². The molecule has 2 N–H and O–H groups in total. The average Bonchev–Trinajstić information content (AvgIpc) is 2.45. The average molecular weight is 320 g/mol. The second kappa shape index (κ2) is 7.65. The van der Waals surface area contributed by atoms with Crippen LogP contribution in [0, 0.1) is 5.82 Å². The zero-order valence-electron chi connectivity index (χ0n) is 12.3. The molecule has 0 saturated heterocycles. The molecular weight excluding hydrogens is 303 g/mol. The molecule has 0 bridgehead atoms. The first-order valence-corrected chi connectivity index (χ1v) is 7.21. The van der Waals surface area contributed by atoms with E-state index < -0.39 is 0 Å². The molecule has 0 radical (unpaired) electrons. The Hall–Kier alpha value is -2.28. The Morgan fingerprint density at radius 3 is 2.82 bits per heavy atom. The maximum absolute atomic E-state index is 13.1. The van der Waals surface area contributed by atoms with Crippen LogP contribution in [-0.2, 0) is 6.61 Å². The summed E-state index contributed by atoms with van der Waals surface area (Å²) in [5, 5.41) is 6.42. The Labute approximate surface area is 133 Å². The fourth-order valence-electron chi connectivity index (χ4n) is 1.70. The lowest BCUT2D eigenvalue weighted by Crippen LogP contribution is -2.34. The zero-order valence-corrected chi connectivity index (χ0v) is 13.2. The van der Waals surface area contributed by atoms with Crippen molar-refractivity contribution in [2.24, 2.45) is 0 Å². The van der Waals surface area contributed by atoms with Crippen molar-refractivity contribution in [3.63, 3.8) is 0 Å². The van der Waals surface area contributed by atoms with Crippen molar-refractivity contribution in [1.29, 1.82) is 0 Å². The Balaban J connectivity index is 2.03. The van der Waals surface area contributed by atoms with Gasteiger partial charge in [-0.1, -0.05) is 12.1 Å². The molecule has 2 aromatic rings. The summed E-state index contributed by atoms with van der Waals surface area (Å²) < 4.78 is 18.7. The Kier molecular flexibility index (Phi) is 5.60. The summed E-state index contributed by atoms with van der Waals surface area (Å²) >= 11 is 5.17. The number of hydrogen-bond donors (Lipinski definition) is 2. The molecule has 22 heavy (non-hydrogen) atoms. The van der Waals surface area contributed by atoms with Gasteiger partial charge < -0.3 is 15.4 Å². The number of nitrogens with zero attached hydrogens (tertiary/aromatic N) is 2. The normalized spacial score (nSPS) is 10.4. The number of thiocarbonyl (C=S) groups is 1. The number of aromatic nitrogens is 2. The van der Waals surface area contributed by atoms with E-state index in [0.29, 0.717) is 22.4 Å². The third-order valence-corrected chi connectivity index (χ3v) is 2.80. The second-order valence-corrected chi connectivity index (χ2v) is 5.29. The van der Waals surface area contributed by atoms with Crippen molar-refractivity contribution in [3.8, 4) is 5.88 Å². The minimum absolute atomic E-state index is 0.190. The van der Waals surface area contributed by atoms with E-state index in [0.717, 1.165) is 0 Å². The van der Waals surface area contributed by atoms with Gasteiger partial charge in [-0.3, -0.25) is 0 Å². The molecule has 0 spiro atoms. The summed E-state index contributed by atoms with van der Waals surface area (Å²) in [7, 11) is 0. The van der Waals surface area contributed by atoms with Crippen molar-refractivity contribution in [2.75, 3.05) is 5.32 Å². The molecule has 0 amide bonds. The molecule has 1 aromatic carbocycles. The van der Waals surface area contributed by atoms with Crippen molar-refractivity contribution in [1.82, 2.24) is 15.3 Å². The highest BCUT2D eigenvalue weighted by Crippen LogP contribution is 2.19. The fraction of sp³-hybridized carbons (Fsp3) is 0.267. The maximum Gasteiger partial charge on any atom is 0.258 e. The number of anilines is 1. The molecular formula is C15H17FN4OS. The molecule has 0 aliphatic rings. The molecule has 116 valence electrons. The van der Waals surface area contributed by atoms with Crippen LogP contribution < -0.4 is 15.4 Å². The topological polar surface area (TPSA) is 59.1 Å². The molecule has 0 saturated carbocycles. The van der Waals surface area contributed by atoms with E-state index in [4.69, 9.17) is 17.0 Å². The molecule has 0 unspecified atom stereocenters. The van der Waals surface area contributed by atoms with E-state index in [2.05, 4.69) is 20.6 Å². The standard InChI is InChI=1S/C15H17FN4OS/c1-10(2)19-15(22)20-13-14(18-7-6-17-13)21-9-11-4-3-5-12(16)8-11/h3-8,10H,9H2,1-2H3,(H2,17,19,20,22). The van der Waals surface area contributed by atoms with Gasteiger partial charge in [-0.2, -0.15) is 0 Å². The van der Waals surface area contributed by atoms with E-state index in [9.17, 15) is 4.39 Å². The van der Waals surface area contributed by atoms with Crippen molar-refractivity contribution in [2.45, 2.75) is 26.5 Å². The number of ether oxygens (including phenoxy) is 1. The van der Waals surface area contributed by atoms with Crippen LogP contribution in [0.3, 0.4) is 0 Å². The number of nitrogens with one attached hydrogen (secondary N) is 2. The van der Waals surface area contributed by atoms with Gasteiger partial charge in [0.2, 0.25) is 0 Å². The molecule has 0 aliphatic carbocycles. The smallest absolute Gasteiger partial charge is 0.258 e. The highest BCUT2D eigenvalue weighted by molar-refractivity contribution is 7.80. The van der Waals surface area contributed by atoms with Crippen LogP contribution in [0.2, 0.25) is 0 Å². The van der Waals surface area contributed by atoms with Gasteiger partial charge >= 0.3 is 0 Å². The Bertz CT molecular complexity index is 651. The Morgan fingerprint density at radius 2 is 2.09 bits per heavy atom. The van der Waals surface area contributed by atoms with Gasteiger partial charge in [-0.15, -0.1) is 0 Å². The molecule has 5 nitrogen and oxygen atoms in total. The predicted molar refractivity (Wildman–Crippen MR) is 87.3 cm³/mol. The SMILES string of the molecule is CC(C)NC(=S)Nc1nccnc1OCc1cccc(F)c1. The quantitative estimate of drug-likeness (QED) is 0.826. The van der Waals surface area contributed by atoms with Gasteiger partial charge in [0, 0.05) is 18.4 Å². The van der Waals surface area contributed by atoms with Crippen molar-refractivity contribution < 1.29 is 9.13 Å². The molecule has 0 aliphatic heterocycles. The molecule has 1 aromatic heterocycles. The first kappa shape index (κ1) is 16.1. The number of halogens is 1. The minimum Gasteiger partial charge on any atom is -0.470 e. The van der Waals surface area contributed by atoms with E-state index in [1.165, 1.54) is 24.5 Å². The summed E-state index contributed by atoms with van der Waals surface area (Å²) in [6.07, 6.45) is 3.06. The zero-order chi connectivity index (χ0) is 15.9. The molecule has 1 heterocycles. The van der Waals surface area contributed by atoms with Gasteiger partial charge in [0.05, 0.1) is 0 Å². The summed E-state index contributed by atoms with van der Waals surface area (Å²) in [4.78, 5) is 8.28. The lowest BCUT2D eigenvalue weighted by molar-refractivity contribution is 0.294. The lowest BCUT2D eigenvalue weighted by Gasteiger charge is -2.14. The monoisotopic (exact) mass is 320 g/mol. The van der Waals surface area contributed by atoms with Crippen LogP contribution in [0.4, 0.5) is 10.2 Å². The number of benzene rings is 1. The summed E-state index contributed by atoms with van der Waals surface area (Å²) in [6.45, 7) is 4.15. The van der Waals surface area contributed by atoms with Crippen LogP contribution in [0.15, 0.2) is 36.7 Å². The summed E-state index contributed by atoms with van der Waals surface area (Å²) in [6, 6.07) is 6.40. The van der Waals surface area contributed by atoms with Gasteiger partial charge in [0.25, 0.3) is 5.88 Å². The van der Waals surface area contributed by atoms with E-state index in [-0.39, 0.29) is 18.5 Å². The number of rotatable bonds is 5. The first-order valence-electron chi connectivity index (χ1n) is 6.80. The summed E-state index contributed by atoms with van der Waals surface area (Å²) in [5.74, 6) is 0.414. The van der Waals surface area contributed by atoms with Gasteiger partial charge in [-0.25, -0.2) is 14.4 Å². The third kappa shape index (κ3) is 4.92. The van der Waals surface area contributed by atoms with Crippen LogP contribution in [0.1, 0.15) is 19.4 Å². The lowest BCUT2D eigenvalue weighted by atomic mass is 10.2. The number of hydrogen-bond acceptors (Lipinski definition) is 4. The molecule has 0 atom stereocenters. The molecule has 2 rings (SSSR count). The van der Waals surface area contributed by atoms with Crippen molar-refractivity contribution >= 4 is 23.1 Å². The predicted octanol–water partition coefficient (Wildman–Crippen LogP) is 2.89. The van der Waals surface area contributed by atoms with Gasteiger partial charge in [-0.05, 0) is 43.8 Å². The third-order valence-electron chi connectivity index (χ3n) is 2.58. The minimum atomic E-state index is -0.305. The largest absolute Gasteiger partial charge is 0.470 e. The van der Waals surface area contributed by atoms with E-state index >= 15 is 0 Å². The molecule has 7 heteroatoms. The van der Waals surface area contributed by atoms with E-state index in [1.807, 2.05) is 13.8 Å². The fourth-order valence-corrected chi connectivity index (χ4v) is 2.03. The van der Waals surface area contributed by atoms with E-state index in [1.54, 1.807) is 12.1 Å². The first-order chi connectivity index (χ1) is 10.5. The van der Waals surface area contributed by atoms with Crippen molar-refractivity contribution in [3.05, 3.63) is 48.0 Å². The van der Waals surface area contributed by atoms with Crippen LogP contribution >= 0.6 is 12.2 Å². The highest BCUT2D eigenvalue weighted by atomic mass is 32.1. The maximum atomic E-state index is 13.1. The molecule has 0 fully saturated rings. The van der Waals surface area contributed by atoms with Crippen LogP contribution in [0.25, 0.3) is 0 Å². The van der Waals surface area contributed by atoms with Crippen LogP contribution in [-0.4, -0.2) is 21.1 Å². The highest BCUT2D eigenvalue weighted by Gasteiger charge is 2.09. The van der Waals surface area contributed by atoms with Crippen LogP contribution in [0.5, 0.6) is 5.88 Å². The summed E-state index contributed by atoms with van der Waals surface area (Å²) in [5.41, 5.74) is 0.708. The second-order valence-electron chi connectivity index (χ2n) is 4.88.